The molecule has 0 atom stereocenters. The van der Waals surface area contributed by atoms with Crippen molar-refractivity contribution in [2.24, 2.45) is 10.9 Å². The summed E-state index contributed by atoms with van der Waals surface area (Å²) in [6, 6.07) is 9.00. The minimum Gasteiger partial charge on any atom is -0.409 e. The Bertz CT molecular complexity index is 444. The van der Waals surface area contributed by atoms with Crippen LogP contribution in [0.1, 0.15) is 45.7 Å². The van der Waals surface area contributed by atoms with Crippen LogP contribution in [-0.4, -0.2) is 28.5 Å². The number of rotatable bonds is 5. The molecule has 0 aliphatic carbocycles. The highest BCUT2D eigenvalue weighted by molar-refractivity contribution is 5.81. The molecule has 20 heavy (non-hydrogen) atoms. The quantitative estimate of drug-likeness (QED) is 0.376. The van der Waals surface area contributed by atoms with E-state index in [0.29, 0.717) is 12.6 Å². The highest BCUT2D eigenvalue weighted by Gasteiger charge is 2.15. The number of nitrogens with zero attached hydrogens (tertiary/aromatic N) is 2. The van der Waals surface area contributed by atoms with Crippen LogP contribution in [0.15, 0.2) is 29.4 Å². The number of benzene rings is 1. The van der Waals surface area contributed by atoms with Gasteiger partial charge in [-0.1, -0.05) is 50.2 Å². The first-order chi connectivity index (χ1) is 9.24. The fourth-order valence-electron chi connectivity index (χ4n) is 2.01. The Morgan fingerprint density at radius 2 is 1.80 bits per heavy atom. The smallest absolute Gasteiger partial charge is 0.153 e. The number of nitrogens with two attached hydrogens (primary N) is 1. The normalized spacial score (nSPS) is 13.2. The lowest BCUT2D eigenvalue weighted by Crippen LogP contribution is -2.38. The van der Waals surface area contributed by atoms with Crippen molar-refractivity contribution in [3.8, 4) is 0 Å². The van der Waals surface area contributed by atoms with E-state index in [1.165, 1.54) is 11.1 Å². The molecule has 0 saturated carbocycles. The topological polar surface area (TPSA) is 61.8 Å². The van der Waals surface area contributed by atoms with Crippen LogP contribution in [0.25, 0.3) is 0 Å². The van der Waals surface area contributed by atoms with Crippen molar-refractivity contribution in [3.05, 3.63) is 35.4 Å². The van der Waals surface area contributed by atoms with E-state index >= 15 is 0 Å². The fourth-order valence-corrected chi connectivity index (χ4v) is 2.01. The summed E-state index contributed by atoms with van der Waals surface area (Å²) in [5, 5.41) is 11.7. The van der Waals surface area contributed by atoms with Gasteiger partial charge in [0.15, 0.2) is 5.84 Å². The van der Waals surface area contributed by atoms with E-state index in [1.807, 2.05) is 0 Å². The molecule has 0 saturated heterocycles. The van der Waals surface area contributed by atoms with Crippen molar-refractivity contribution in [1.82, 2.24) is 4.90 Å². The second-order valence-electron chi connectivity index (χ2n) is 6.54. The van der Waals surface area contributed by atoms with Gasteiger partial charge in [0.2, 0.25) is 0 Å². The van der Waals surface area contributed by atoms with Crippen molar-refractivity contribution >= 4 is 5.84 Å². The van der Waals surface area contributed by atoms with E-state index in [2.05, 4.69) is 68.9 Å². The van der Waals surface area contributed by atoms with Crippen LogP contribution in [0.4, 0.5) is 0 Å². The molecule has 1 aromatic rings. The van der Waals surface area contributed by atoms with Crippen molar-refractivity contribution < 1.29 is 5.21 Å². The summed E-state index contributed by atoms with van der Waals surface area (Å²) in [6.07, 6.45) is 0. The van der Waals surface area contributed by atoms with E-state index in [-0.39, 0.29) is 11.3 Å². The van der Waals surface area contributed by atoms with Crippen LogP contribution in [0, 0.1) is 0 Å². The summed E-state index contributed by atoms with van der Waals surface area (Å²) in [5.74, 6) is 0.241. The molecule has 0 aliphatic heterocycles. The second-order valence-corrected chi connectivity index (χ2v) is 6.54. The maximum atomic E-state index is 8.69. The molecule has 0 radical (unpaired) electrons. The number of hydrogen-bond acceptors (Lipinski definition) is 3. The van der Waals surface area contributed by atoms with Gasteiger partial charge in [0.25, 0.3) is 0 Å². The number of oxime groups is 1. The molecule has 0 unspecified atom stereocenters. The van der Waals surface area contributed by atoms with E-state index in [0.717, 1.165) is 6.54 Å². The minimum absolute atomic E-state index is 0.171. The summed E-state index contributed by atoms with van der Waals surface area (Å²) in [5.41, 5.74) is 8.34. The predicted octanol–water partition coefficient (Wildman–Crippen LogP) is 2.94. The minimum atomic E-state index is 0.171. The van der Waals surface area contributed by atoms with Crippen LogP contribution >= 0.6 is 0 Å². The SMILES string of the molecule is CC(C)N(CC(N)=NO)Cc1ccc(C(C)(C)C)cc1. The monoisotopic (exact) mass is 277 g/mol. The number of hydrogen-bond donors (Lipinski definition) is 2. The Balaban J connectivity index is 2.79. The molecule has 0 aromatic heterocycles. The molecule has 0 bridgehead atoms. The summed E-state index contributed by atoms with van der Waals surface area (Å²) in [7, 11) is 0. The Hall–Kier alpha value is -1.55. The molecule has 1 rings (SSSR count). The van der Waals surface area contributed by atoms with Crippen LogP contribution in [0.3, 0.4) is 0 Å². The van der Waals surface area contributed by atoms with Crippen LogP contribution in [0.2, 0.25) is 0 Å². The van der Waals surface area contributed by atoms with Gasteiger partial charge in [-0.25, -0.2) is 0 Å². The molecule has 0 fully saturated rings. The highest BCUT2D eigenvalue weighted by Crippen LogP contribution is 2.22. The van der Waals surface area contributed by atoms with Crippen LogP contribution in [0.5, 0.6) is 0 Å². The Kier molecular flexibility index (Phi) is 5.57. The Labute approximate surface area is 122 Å². The lowest BCUT2D eigenvalue weighted by Gasteiger charge is -2.26. The van der Waals surface area contributed by atoms with Gasteiger partial charge < -0.3 is 10.9 Å². The molecule has 0 heterocycles. The Morgan fingerprint density at radius 1 is 1.25 bits per heavy atom. The molecule has 4 heteroatoms. The average Bonchev–Trinajstić information content (AvgIpc) is 2.37. The molecule has 4 nitrogen and oxygen atoms in total. The number of amidine groups is 1. The average molecular weight is 277 g/mol. The molecule has 0 aliphatic rings. The zero-order chi connectivity index (χ0) is 15.3. The van der Waals surface area contributed by atoms with Gasteiger partial charge in [-0.15, -0.1) is 0 Å². The first-order valence-corrected chi connectivity index (χ1v) is 7.04. The summed E-state index contributed by atoms with van der Waals surface area (Å²) < 4.78 is 0. The molecule has 0 amide bonds. The van der Waals surface area contributed by atoms with Gasteiger partial charge in [-0.05, 0) is 30.4 Å². The summed E-state index contributed by atoms with van der Waals surface area (Å²) in [4.78, 5) is 2.17. The lowest BCUT2D eigenvalue weighted by atomic mass is 9.87. The zero-order valence-corrected chi connectivity index (χ0v) is 13.2. The summed E-state index contributed by atoms with van der Waals surface area (Å²) >= 11 is 0. The van der Waals surface area contributed by atoms with Crippen LogP contribution < -0.4 is 5.73 Å². The van der Waals surface area contributed by atoms with E-state index < -0.39 is 0 Å². The van der Waals surface area contributed by atoms with Crippen molar-refractivity contribution in [2.75, 3.05) is 6.54 Å². The largest absolute Gasteiger partial charge is 0.409 e. The first kappa shape index (κ1) is 16.5. The molecule has 1 aromatic carbocycles. The molecular formula is C16H27N3O. The highest BCUT2D eigenvalue weighted by atomic mass is 16.4. The Morgan fingerprint density at radius 3 is 2.20 bits per heavy atom. The summed E-state index contributed by atoms with van der Waals surface area (Å²) in [6.45, 7) is 12.1. The predicted molar refractivity (Wildman–Crippen MR) is 84.1 cm³/mol. The van der Waals surface area contributed by atoms with Gasteiger partial charge in [-0.2, -0.15) is 0 Å². The first-order valence-electron chi connectivity index (χ1n) is 7.04. The van der Waals surface area contributed by atoms with E-state index in [9.17, 15) is 0 Å². The van der Waals surface area contributed by atoms with Crippen molar-refractivity contribution in [1.29, 1.82) is 0 Å². The van der Waals surface area contributed by atoms with Gasteiger partial charge in [0, 0.05) is 12.6 Å². The van der Waals surface area contributed by atoms with E-state index in [4.69, 9.17) is 10.9 Å². The van der Waals surface area contributed by atoms with Gasteiger partial charge >= 0.3 is 0 Å². The molecule has 0 spiro atoms. The third kappa shape index (κ3) is 4.85. The second kappa shape index (κ2) is 6.75. The van der Waals surface area contributed by atoms with Crippen LogP contribution in [-0.2, 0) is 12.0 Å². The van der Waals surface area contributed by atoms with Gasteiger partial charge in [0.05, 0.1) is 6.54 Å². The lowest BCUT2D eigenvalue weighted by molar-refractivity contribution is 0.238. The standard InChI is InChI=1S/C16H27N3O/c1-12(2)19(11-15(17)18-20)10-13-6-8-14(9-7-13)16(3,4)5/h6-9,12,20H,10-11H2,1-5H3,(H2,17,18). The fraction of sp³-hybridized carbons (Fsp3) is 0.562. The van der Waals surface area contributed by atoms with Crippen molar-refractivity contribution in [2.45, 2.75) is 52.6 Å². The zero-order valence-electron chi connectivity index (χ0n) is 13.2. The third-order valence-electron chi connectivity index (χ3n) is 3.43. The molecule has 3 N–H and O–H groups in total. The van der Waals surface area contributed by atoms with Crippen molar-refractivity contribution in [3.63, 3.8) is 0 Å². The van der Waals surface area contributed by atoms with Gasteiger partial charge in [-0.3, -0.25) is 4.90 Å². The molecular weight excluding hydrogens is 250 g/mol. The van der Waals surface area contributed by atoms with E-state index in [1.54, 1.807) is 0 Å². The van der Waals surface area contributed by atoms with Gasteiger partial charge in [0.1, 0.15) is 0 Å². The maximum Gasteiger partial charge on any atom is 0.153 e. The third-order valence-corrected chi connectivity index (χ3v) is 3.43. The maximum absolute atomic E-state index is 8.69. The molecule has 112 valence electrons.